The highest BCUT2D eigenvalue weighted by molar-refractivity contribution is 5.08. The minimum atomic E-state index is 0.983. The molecule has 0 radical (unpaired) electrons. The SMILES string of the molecule is C1=CC2CCC3C4CCCCC4CCC3C2C1. The van der Waals surface area contributed by atoms with E-state index in [9.17, 15) is 0 Å². The molecule has 0 saturated heterocycles. The van der Waals surface area contributed by atoms with Crippen LogP contribution in [0.3, 0.4) is 0 Å². The maximum atomic E-state index is 2.55. The third-order valence-corrected chi connectivity index (χ3v) is 6.66. The van der Waals surface area contributed by atoms with Crippen LogP contribution in [0.1, 0.15) is 57.8 Å². The van der Waals surface area contributed by atoms with Crippen LogP contribution in [0.15, 0.2) is 12.2 Å². The minimum Gasteiger partial charge on any atom is -0.0879 e. The van der Waals surface area contributed by atoms with Crippen LogP contribution >= 0.6 is 0 Å². The summed E-state index contributed by atoms with van der Waals surface area (Å²) in [5.41, 5.74) is 0. The predicted molar refractivity (Wildman–Crippen MR) is 71.6 cm³/mol. The molecule has 94 valence electrons. The number of rotatable bonds is 0. The van der Waals surface area contributed by atoms with Crippen molar-refractivity contribution in [2.75, 3.05) is 0 Å². The standard InChI is InChI=1S/C17H26/c1-2-6-14-12(4-1)8-10-17-15-7-3-5-13(15)9-11-16(14)17/h3,5,12-17H,1-2,4,6-11H2. The van der Waals surface area contributed by atoms with Crippen LogP contribution < -0.4 is 0 Å². The van der Waals surface area contributed by atoms with E-state index >= 15 is 0 Å². The average molecular weight is 230 g/mol. The van der Waals surface area contributed by atoms with Crippen molar-refractivity contribution < 1.29 is 0 Å². The van der Waals surface area contributed by atoms with Gasteiger partial charge in [-0.05, 0) is 74.0 Å². The molecule has 3 fully saturated rings. The molecule has 0 spiro atoms. The number of hydrogen-bond donors (Lipinski definition) is 0. The highest BCUT2D eigenvalue weighted by atomic mass is 14.5. The summed E-state index contributed by atoms with van der Waals surface area (Å²) < 4.78 is 0. The molecule has 0 amide bonds. The van der Waals surface area contributed by atoms with Gasteiger partial charge >= 0.3 is 0 Å². The third-order valence-electron chi connectivity index (χ3n) is 6.66. The quantitative estimate of drug-likeness (QED) is 0.524. The molecule has 4 aliphatic carbocycles. The van der Waals surface area contributed by atoms with E-state index in [0.717, 1.165) is 35.5 Å². The first kappa shape index (κ1) is 10.6. The van der Waals surface area contributed by atoms with Crippen molar-refractivity contribution in [3.05, 3.63) is 12.2 Å². The Kier molecular flexibility index (Phi) is 2.59. The molecule has 6 atom stereocenters. The van der Waals surface area contributed by atoms with Gasteiger partial charge in [-0.3, -0.25) is 0 Å². The lowest BCUT2D eigenvalue weighted by Crippen LogP contribution is -2.43. The van der Waals surface area contributed by atoms with E-state index < -0.39 is 0 Å². The van der Waals surface area contributed by atoms with Gasteiger partial charge in [0.25, 0.3) is 0 Å². The molecule has 17 heavy (non-hydrogen) atoms. The highest BCUT2D eigenvalue weighted by Crippen LogP contribution is 2.56. The fraction of sp³-hybridized carbons (Fsp3) is 0.882. The van der Waals surface area contributed by atoms with Crippen LogP contribution in [0.25, 0.3) is 0 Å². The molecule has 3 saturated carbocycles. The van der Waals surface area contributed by atoms with Gasteiger partial charge in [-0.15, -0.1) is 0 Å². The lowest BCUT2D eigenvalue weighted by atomic mass is 9.54. The van der Waals surface area contributed by atoms with Crippen molar-refractivity contribution in [3.63, 3.8) is 0 Å². The fourth-order valence-electron chi connectivity index (χ4n) is 5.97. The van der Waals surface area contributed by atoms with Crippen molar-refractivity contribution in [2.24, 2.45) is 35.5 Å². The second-order valence-electron chi connectivity index (χ2n) is 7.18. The van der Waals surface area contributed by atoms with Gasteiger partial charge in [0.2, 0.25) is 0 Å². The van der Waals surface area contributed by atoms with Crippen LogP contribution in [0.5, 0.6) is 0 Å². The Labute approximate surface area is 106 Å². The third kappa shape index (κ3) is 1.63. The zero-order chi connectivity index (χ0) is 11.2. The summed E-state index contributed by atoms with van der Waals surface area (Å²) in [7, 11) is 0. The van der Waals surface area contributed by atoms with Gasteiger partial charge in [0, 0.05) is 0 Å². The van der Waals surface area contributed by atoms with Crippen molar-refractivity contribution in [3.8, 4) is 0 Å². The molecule has 0 aliphatic heterocycles. The lowest BCUT2D eigenvalue weighted by molar-refractivity contribution is -0.0139. The lowest BCUT2D eigenvalue weighted by Gasteiger charge is -2.51. The largest absolute Gasteiger partial charge is 0.0879 e. The van der Waals surface area contributed by atoms with E-state index in [4.69, 9.17) is 0 Å². The van der Waals surface area contributed by atoms with Gasteiger partial charge in [-0.1, -0.05) is 31.4 Å². The first-order valence-electron chi connectivity index (χ1n) is 8.10. The van der Waals surface area contributed by atoms with Crippen LogP contribution in [0.2, 0.25) is 0 Å². The average Bonchev–Trinajstić information content (AvgIpc) is 2.86. The van der Waals surface area contributed by atoms with E-state index in [1.807, 2.05) is 0 Å². The highest BCUT2D eigenvalue weighted by Gasteiger charge is 2.47. The summed E-state index contributed by atoms with van der Waals surface area (Å²) in [5, 5.41) is 0. The molecular weight excluding hydrogens is 204 g/mol. The summed E-state index contributed by atoms with van der Waals surface area (Å²) in [6.45, 7) is 0. The first-order valence-corrected chi connectivity index (χ1v) is 8.10. The second kappa shape index (κ2) is 4.14. The van der Waals surface area contributed by atoms with Crippen molar-refractivity contribution in [2.45, 2.75) is 57.8 Å². The molecule has 0 aromatic rings. The summed E-state index contributed by atoms with van der Waals surface area (Å²) in [6, 6.07) is 0. The van der Waals surface area contributed by atoms with Crippen molar-refractivity contribution in [1.29, 1.82) is 0 Å². The van der Waals surface area contributed by atoms with Crippen LogP contribution in [0.4, 0.5) is 0 Å². The van der Waals surface area contributed by atoms with Crippen LogP contribution in [0, 0.1) is 35.5 Å². The maximum Gasteiger partial charge on any atom is -0.0199 e. The van der Waals surface area contributed by atoms with Gasteiger partial charge in [0.05, 0.1) is 0 Å². The smallest absolute Gasteiger partial charge is 0.0199 e. The van der Waals surface area contributed by atoms with E-state index in [2.05, 4.69) is 12.2 Å². The van der Waals surface area contributed by atoms with Gasteiger partial charge in [-0.25, -0.2) is 0 Å². The van der Waals surface area contributed by atoms with Gasteiger partial charge in [-0.2, -0.15) is 0 Å². The Morgan fingerprint density at radius 1 is 0.647 bits per heavy atom. The molecule has 4 rings (SSSR count). The number of hydrogen-bond acceptors (Lipinski definition) is 0. The molecule has 0 aromatic carbocycles. The normalized spacial score (nSPS) is 52.7. The van der Waals surface area contributed by atoms with E-state index in [1.54, 1.807) is 32.1 Å². The van der Waals surface area contributed by atoms with Crippen molar-refractivity contribution >= 4 is 0 Å². The zero-order valence-electron chi connectivity index (χ0n) is 11.0. The Balaban J connectivity index is 1.57. The molecular formula is C17H26. The molecule has 0 N–H and O–H groups in total. The summed E-state index contributed by atoms with van der Waals surface area (Å²) >= 11 is 0. The van der Waals surface area contributed by atoms with Gasteiger partial charge < -0.3 is 0 Å². The monoisotopic (exact) mass is 230 g/mol. The minimum absolute atomic E-state index is 0.983. The van der Waals surface area contributed by atoms with Gasteiger partial charge in [0.15, 0.2) is 0 Å². The Morgan fingerprint density at radius 3 is 2.47 bits per heavy atom. The Morgan fingerprint density at radius 2 is 1.47 bits per heavy atom. The second-order valence-corrected chi connectivity index (χ2v) is 7.18. The van der Waals surface area contributed by atoms with E-state index in [-0.39, 0.29) is 0 Å². The first-order chi connectivity index (χ1) is 8.43. The molecule has 0 aromatic heterocycles. The maximum absolute atomic E-state index is 2.55. The predicted octanol–water partition coefficient (Wildman–Crippen LogP) is 4.81. The van der Waals surface area contributed by atoms with E-state index in [1.165, 1.54) is 25.7 Å². The molecule has 0 bridgehead atoms. The van der Waals surface area contributed by atoms with Crippen LogP contribution in [-0.2, 0) is 0 Å². The number of allylic oxidation sites excluding steroid dienone is 2. The van der Waals surface area contributed by atoms with Crippen molar-refractivity contribution in [1.82, 2.24) is 0 Å². The molecule has 0 nitrogen and oxygen atoms in total. The summed E-state index contributed by atoms with van der Waals surface area (Å²) in [6.07, 6.45) is 18.9. The van der Waals surface area contributed by atoms with Gasteiger partial charge in [0.1, 0.15) is 0 Å². The fourth-order valence-corrected chi connectivity index (χ4v) is 5.97. The van der Waals surface area contributed by atoms with E-state index in [0.29, 0.717) is 0 Å². The Hall–Kier alpha value is -0.260. The molecule has 6 unspecified atom stereocenters. The number of fused-ring (bicyclic) bond motifs is 5. The summed E-state index contributed by atoms with van der Waals surface area (Å²) in [5.74, 6) is 6.58. The molecule has 4 aliphatic rings. The molecule has 0 heteroatoms. The van der Waals surface area contributed by atoms with Crippen LogP contribution in [-0.4, -0.2) is 0 Å². The zero-order valence-corrected chi connectivity index (χ0v) is 11.0. The topological polar surface area (TPSA) is 0 Å². The summed E-state index contributed by atoms with van der Waals surface area (Å²) in [4.78, 5) is 0. The Bertz CT molecular complexity index is 316. The molecule has 0 heterocycles.